The standard InChI is InChI=1S/C15H19N3O3S/c16-22(20,21)15(8-3-1-4-9-15)10-7-14(19)18-12-13-6-2-5-11-17-13/h1-6,8,11H,7,9-10,12H2,(H,18,19)(H2,16,20,21)/t15-/m0/s1. The Labute approximate surface area is 130 Å². The van der Waals surface area contributed by atoms with Gasteiger partial charge in [0.05, 0.1) is 12.2 Å². The van der Waals surface area contributed by atoms with E-state index in [1.165, 1.54) is 0 Å². The first-order valence-electron chi connectivity index (χ1n) is 6.96. The number of amides is 1. The number of sulfonamides is 1. The van der Waals surface area contributed by atoms with Gasteiger partial charge in [-0.05, 0) is 25.0 Å². The molecule has 0 unspecified atom stereocenters. The van der Waals surface area contributed by atoms with Gasteiger partial charge in [-0.2, -0.15) is 0 Å². The first-order valence-corrected chi connectivity index (χ1v) is 8.51. The molecule has 1 aromatic rings. The molecule has 0 fully saturated rings. The molecule has 22 heavy (non-hydrogen) atoms. The van der Waals surface area contributed by atoms with Crippen molar-refractivity contribution in [3.05, 3.63) is 54.4 Å². The largest absolute Gasteiger partial charge is 0.350 e. The third-order valence-corrected chi connectivity index (χ3v) is 5.29. The summed E-state index contributed by atoms with van der Waals surface area (Å²) in [5, 5.41) is 8.07. The Hall–Kier alpha value is -1.99. The number of carbonyl (C=O) groups is 1. The molecule has 1 atom stereocenters. The Morgan fingerprint density at radius 2 is 2.18 bits per heavy atom. The number of nitrogens with two attached hydrogens (primary N) is 1. The number of aromatic nitrogens is 1. The lowest BCUT2D eigenvalue weighted by Crippen LogP contribution is -2.43. The van der Waals surface area contributed by atoms with E-state index in [1.807, 2.05) is 6.07 Å². The van der Waals surface area contributed by atoms with Crippen LogP contribution in [-0.4, -0.2) is 24.1 Å². The van der Waals surface area contributed by atoms with Gasteiger partial charge in [-0.25, -0.2) is 13.6 Å². The Balaban J connectivity index is 1.92. The summed E-state index contributed by atoms with van der Waals surface area (Å²) in [4.78, 5) is 16.0. The van der Waals surface area contributed by atoms with E-state index in [0.29, 0.717) is 6.54 Å². The highest BCUT2D eigenvalue weighted by Crippen LogP contribution is 2.30. The average Bonchev–Trinajstić information content (AvgIpc) is 2.52. The summed E-state index contributed by atoms with van der Waals surface area (Å²) in [6, 6.07) is 5.44. The summed E-state index contributed by atoms with van der Waals surface area (Å²) >= 11 is 0. The second-order valence-electron chi connectivity index (χ2n) is 5.20. The number of nitrogens with zero attached hydrogens (tertiary/aromatic N) is 1. The van der Waals surface area contributed by atoms with Crippen LogP contribution in [0, 0.1) is 0 Å². The minimum atomic E-state index is -3.78. The summed E-state index contributed by atoms with van der Waals surface area (Å²) in [5.74, 6) is -0.225. The van der Waals surface area contributed by atoms with E-state index in [0.717, 1.165) is 5.69 Å². The fourth-order valence-electron chi connectivity index (χ4n) is 2.29. The highest BCUT2D eigenvalue weighted by Gasteiger charge is 2.38. The summed E-state index contributed by atoms with van der Waals surface area (Å²) in [5.41, 5.74) is 0.748. The molecule has 0 bridgehead atoms. The maximum absolute atomic E-state index is 11.9. The lowest BCUT2D eigenvalue weighted by atomic mass is 9.94. The van der Waals surface area contributed by atoms with E-state index in [9.17, 15) is 13.2 Å². The first-order chi connectivity index (χ1) is 10.4. The molecule has 0 saturated carbocycles. The molecule has 0 aliphatic heterocycles. The summed E-state index contributed by atoms with van der Waals surface area (Å²) in [6.45, 7) is 0.317. The molecule has 1 heterocycles. The van der Waals surface area contributed by atoms with E-state index in [2.05, 4.69) is 10.3 Å². The lowest BCUT2D eigenvalue weighted by molar-refractivity contribution is -0.121. The number of primary sulfonamides is 1. The van der Waals surface area contributed by atoms with Crippen molar-refractivity contribution in [2.45, 2.75) is 30.6 Å². The molecule has 6 nitrogen and oxygen atoms in total. The Kier molecular flexibility index (Phi) is 5.10. The van der Waals surface area contributed by atoms with Gasteiger partial charge in [0, 0.05) is 12.6 Å². The van der Waals surface area contributed by atoms with Crippen molar-refractivity contribution in [1.29, 1.82) is 0 Å². The zero-order valence-corrected chi connectivity index (χ0v) is 12.9. The van der Waals surface area contributed by atoms with Crippen molar-refractivity contribution in [3.8, 4) is 0 Å². The number of carbonyl (C=O) groups excluding carboxylic acids is 1. The van der Waals surface area contributed by atoms with Gasteiger partial charge >= 0.3 is 0 Å². The van der Waals surface area contributed by atoms with Gasteiger partial charge in [-0.1, -0.05) is 30.4 Å². The van der Waals surface area contributed by atoms with Crippen molar-refractivity contribution in [1.82, 2.24) is 10.3 Å². The van der Waals surface area contributed by atoms with Crippen LogP contribution in [0.4, 0.5) is 0 Å². The molecule has 2 rings (SSSR count). The lowest BCUT2D eigenvalue weighted by Gasteiger charge is -2.28. The molecule has 7 heteroatoms. The Morgan fingerprint density at radius 1 is 1.36 bits per heavy atom. The maximum atomic E-state index is 11.9. The van der Waals surface area contributed by atoms with E-state index in [1.54, 1.807) is 42.6 Å². The third-order valence-electron chi connectivity index (χ3n) is 3.65. The molecule has 0 saturated heterocycles. The topological polar surface area (TPSA) is 102 Å². The highest BCUT2D eigenvalue weighted by molar-refractivity contribution is 7.90. The van der Waals surface area contributed by atoms with E-state index in [4.69, 9.17) is 5.14 Å². The van der Waals surface area contributed by atoms with Gasteiger partial charge in [0.25, 0.3) is 0 Å². The quantitative estimate of drug-likeness (QED) is 0.816. The minimum absolute atomic E-state index is 0.0848. The summed E-state index contributed by atoms with van der Waals surface area (Å²) in [6.07, 6.45) is 8.91. The molecule has 118 valence electrons. The predicted molar refractivity (Wildman–Crippen MR) is 84.1 cm³/mol. The Bertz CT molecular complexity index is 683. The molecule has 1 aliphatic carbocycles. The van der Waals surface area contributed by atoms with Crippen LogP contribution >= 0.6 is 0 Å². The first kappa shape index (κ1) is 16.4. The van der Waals surface area contributed by atoms with Gasteiger partial charge in [0.2, 0.25) is 15.9 Å². The van der Waals surface area contributed by atoms with Crippen molar-refractivity contribution in [3.63, 3.8) is 0 Å². The third kappa shape index (κ3) is 4.02. The van der Waals surface area contributed by atoms with Gasteiger partial charge in [-0.3, -0.25) is 9.78 Å². The smallest absolute Gasteiger partial charge is 0.220 e. The number of nitrogens with one attached hydrogen (secondary N) is 1. The number of allylic oxidation sites excluding steroid dienone is 3. The number of rotatable bonds is 6. The van der Waals surface area contributed by atoms with Gasteiger partial charge in [0.1, 0.15) is 4.75 Å². The maximum Gasteiger partial charge on any atom is 0.220 e. The van der Waals surface area contributed by atoms with Crippen LogP contribution in [0.15, 0.2) is 48.7 Å². The molecule has 1 aliphatic rings. The predicted octanol–water partition coefficient (Wildman–Crippen LogP) is 1.02. The zero-order chi connectivity index (χ0) is 16.1. The van der Waals surface area contributed by atoms with E-state index >= 15 is 0 Å². The number of pyridine rings is 1. The van der Waals surface area contributed by atoms with Gasteiger partial charge in [0.15, 0.2) is 0 Å². The number of hydrogen-bond acceptors (Lipinski definition) is 4. The molecular formula is C15H19N3O3S. The highest BCUT2D eigenvalue weighted by atomic mass is 32.2. The number of hydrogen-bond donors (Lipinski definition) is 2. The van der Waals surface area contributed by atoms with Crippen molar-refractivity contribution >= 4 is 15.9 Å². The minimum Gasteiger partial charge on any atom is -0.350 e. The van der Waals surface area contributed by atoms with Gasteiger partial charge < -0.3 is 5.32 Å². The fourth-order valence-corrected chi connectivity index (χ4v) is 3.27. The van der Waals surface area contributed by atoms with Crippen LogP contribution in [0.2, 0.25) is 0 Å². The van der Waals surface area contributed by atoms with Crippen molar-refractivity contribution in [2.24, 2.45) is 5.14 Å². The Morgan fingerprint density at radius 3 is 2.77 bits per heavy atom. The summed E-state index contributed by atoms with van der Waals surface area (Å²) in [7, 11) is -3.78. The molecule has 0 aromatic carbocycles. The SMILES string of the molecule is NS(=O)(=O)[C@@]1(CCC(=O)NCc2ccccn2)C=CC=CC1. The molecule has 0 spiro atoms. The second kappa shape index (κ2) is 6.85. The molecular weight excluding hydrogens is 302 g/mol. The van der Waals surface area contributed by atoms with Crippen LogP contribution in [0.3, 0.4) is 0 Å². The fraction of sp³-hybridized carbons (Fsp3) is 0.333. The van der Waals surface area contributed by atoms with Crippen molar-refractivity contribution < 1.29 is 13.2 Å². The van der Waals surface area contributed by atoms with Crippen LogP contribution in [0.5, 0.6) is 0 Å². The van der Waals surface area contributed by atoms with E-state index in [-0.39, 0.29) is 25.2 Å². The molecule has 1 aromatic heterocycles. The average molecular weight is 321 g/mol. The summed E-state index contributed by atoms with van der Waals surface area (Å²) < 4.78 is 22.5. The normalized spacial score (nSPS) is 20.8. The van der Waals surface area contributed by atoms with Gasteiger partial charge in [-0.15, -0.1) is 0 Å². The zero-order valence-electron chi connectivity index (χ0n) is 12.1. The van der Waals surface area contributed by atoms with Crippen LogP contribution in [0.1, 0.15) is 25.0 Å². The second-order valence-corrected chi connectivity index (χ2v) is 7.10. The van der Waals surface area contributed by atoms with Crippen LogP contribution in [0.25, 0.3) is 0 Å². The monoisotopic (exact) mass is 321 g/mol. The van der Waals surface area contributed by atoms with Crippen molar-refractivity contribution in [2.75, 3.05) is 0 Å². The molecule has 1 amide bonds. The van der Waals surface area contributed by atoms with Crippen LogP contribution in [-0.2, 0) is 21.4 Å². The molecule has 0 radical (unpaired) electrons. The molecule has 3 N–H and O–H groups in total. The van der Waals surface area contributed by atoms with Crippen LogP contribution < -0.4 is 10.5 Å². The van der Waals surface area contributed by atoms with E-state index < -0.39 is 14.8 Å².